The van der Waals surface area contributed by atoms with Gasteiger partial charge in [-0.2, -0.15) is 0 Å². The topological polar surface area (TPSA) is 36.1 Å². The van der Waals surface area contributed by atoms with Gasteiger partial charge in [0.15, 0.2) is 0 Å². The molecule has 3 heteroatoms. The van der Waals surface area contributed by atoms with E-state index < -0.39 is 0 Å². The van der Waals surface area contributed by atoms with E-state index in [2.05, 4.69) is 43.6 Å². The number of aromatic nitrogens is 1. The van der Waals surface area contributed by atoms with E-state index in [1.807, 2.05) is 11.1 Å². The van der Waals surface area contributed by atoms with E-state index in [0.717, 1.165) is 13.1 Å². The number of likely N-dealkylation sites (tertiary alicyclic amines) is 1. The molecule has 2 heterocycles. The summed E-state index contributed by atoms with van der Waals surface area (Å²) in [4.78, 5) is 16.7. The SMILES string of the molecule is C=CC(=O)N1CC(C(C)c2ccc(C)c3[nH]ccc23)C1. The average Bonchev–Trinajstić information content (AvgIpc) is 2.87. The zero-order valence-corrected chi connectivity index (χ0v) is 12.0. The zero-order valence-electron chi connectivity index (χ0n) is 12.0. The molecule has 0 radical (unpaired) electrons. The van der Waals surface area contributed by atoms with Crippen LogP contribution in [0, 0.1) is 12.8 Å². The Kier molecular flexibility index (Phi) is 3.13. The van der Waals surface area contributed by atoms with Gasteiger partial charge in [-0.05, 0) is 36.1 Å². The van der Waals surface area contributed by atoms with Gasteiger partial charge >= 0.3 is 0 Å². The van der Waals surface area contributed by atoms with Crippen LogP contribution in [0.2, 0.25) is 0 Å². The summed E-state index contributed by atoms with van der Waals surface area (Å²) >= 11 is 0. The highest BCUT2D eigenvalue weighted by Crippen LogP contribution is 2.36. The molecule has 20 heavy (non-hydrogen) atoms. The molecule has 1 N–H and O–H groups in total. The van der Waals surface area contributed by atoms with Crippen molar-refractivity contribution in [2.24, 2.45) is 5.92 Å². The van der Waals surface area contributed by atoms with Crippen LogP contribution in [-0.4, -0.2) is 28.9 Å². The molecule has 1 amide bonds. The molecule has 1 atom stereocenters. The van der Waals surface area contributed by atoms with Crippen molar-refractivity contribution in [3.8, 4) is 0 Å². The Hall–Kier alpha value is -2.03. The van der Waals surface area contributed by atoms with Gasteiger partial charge in [0.1, 0.15) is 0 Å². The largest absolute Gasteiger partial charge is 0.361 e. The molecule has 104 valence electrons. The lowest BCUT2D eigenvalue weighted by atomic mass is 9.81. The second-order valence-corrected chi connectivity index (χ2v) is 5.73. The Bertz CT molecular complexity index is 665. The van der Waals surface area contributed by atoms with E-state index in [9.17, 15) is 4.79 Å². The minimum atomic E-state index is 0.0455. The number of aromatic amines is 1. The predicted molar refractivity (Wildman–Crippen MR) is 81.7 cm³/mol. The molecule has 0 spiro atoms. The van der Waals surface area contributed by atoms with Crippen molar-refractivity contribution < 1.29 is 4.79 Å². The summed E-state index contributed by atoms with van der Waals surface area (Å²) in [5.41, 5.74) is 3.88. The van der Waals surface area contributed by atoms with Crippen molar-refractivity contribution in [2.45, 2.75) is 19.8 Å². The summed E-state index contributed by atoms with van der Waals surface area (Å²) < 4.78 is 0. The first-order chi connectivity index (χ1) is 9.61. The number of carbonyl (C=O) groups is 1. The van der Waals surface area contributed by atoms with E-state index in [1.54, 1.807) is 0 Å². The summed E-state index contributed by atoms with van der Waals surface area (Å²) in [5, 5.41) is 1.31. The summed E-state index contributed by atoms with van der Waals surface area (Å²) in [6.07, 6.45) is 3.40. The standard InChI is InChI=1S/C17H20N2O/c1-4-16(20)19-9-13(10-19)12(3)14-6-5-11(2)17-15(14)7-8-18-17/h4-8,12-13,18H,1,9-10H2,2-3H3. The van der Waals surface area contributed by atoms with E-state index in [-0.39, 0.29) is 5.91 Å². The molecule has 0 aliphatic carbocycles. The Morgan fingerprint density at radius 2 is 2.20 bits per heavy atom. The maximum Gasteiger partial charge on any atom is 0.245 e. The van der Waals surface area contributed by atoms with Gasteiger partial charge in [-0.25, -0.2) is 0 Å². The fraction of sp³-hybridized carbons (Fsp3) is 0.353. The number of carbonyl (C=O) groups excluding carboxylic acids is 1. The lowest BCUT2D eigenvalue weighted by molar-refractivity contribution is -0.132. The summed E-state index contributed by atoms with van der Waals surface area (Å²) in [5.74, 6) is 1.05. The quantitative estimate of drug-likeness (QED) is 0.852. The maximum absolute atomic E-state index is 11.5. The Labute approximate surface area is 119 Å². The first-order valence-electron chi connectivity index (χ1n) is 7.09. The van der Waals surface area contributed by atoms with Crippen LogP contribution in [0.5, 0.6) is 0 Å². The number of fused-ring (bicyclic) bond motifs is 1. The minimum Gasteiger partial charge on any atom is -0.361 e. The smallest absolute Gasteiger partial charge is 0.245 e. The fourth-order valence-electron chi connectivity index (χ4n) is 3.11. The summed E-state index contributed by atoms with van der Waals surface area (Å²) in [6.45, 7) is 9.61. The molecule has 1 aromatic carbocycles. The summed E-state index contributed by atoms with van der Waals surface area (Å²) in [7, 11) is 0. The number of aryl methyl sites for hydroxylation is 1. The van der Waals surface area contributed by atoms with Gasteiger partial charge in [-0.3, -0.25) is 4.79 Å². The Balaban J connectivity index is 1.82. The first-order valence-corrected chi connectivity index (χ1v) is 7.09. The highest BCUT2D eigenvalue weighted by Gasteiger charge is 2.34. The van der Waals surface area contributed by atoms with E-state index >= 15 is 0 Å². The van der Waals surface area contributed by atoms with E-state index in [1.165, 1.54) is 28.1 Å². The number of amides is 1. The van der Waals surface area contributed by atoms with Crippen LogP contribution in [0.25, 0.3) is 10.9 Å². The van der Waals surface area contributed by atoms with Crippen molar-refractivity contribution in [3.63, 3.8) is 0 Å². The molecule has 3 rings (SSSR count). The molecule has 1 saturated heterocycles. The molecule has 1 aromatic heterocycles. The van der Waals surface area contributed by atoms with Crippen molar-refractivity contribution in [1.82, 2.24) is 9.88 Å². The van der Waals surface area contributed by atoms with Crippen molar-refractivity contribution in [3.05, 3.63) is 48.2 Å². The lowest BCUT2D eigenvalue weighted by Crippen LogP contribution is -2.51. The van der Waals surface area contributed by atoms with Gasteiger partial charge in [-0.1, -0.05) is 25.6 Å². The van der Waals surface area contributed by atoms with Gasteiger partial charge in [0.05, 0.1) is 0 Å². The number of hydrogen-bond acceptors (Lipinski definition) is 1. The molecule has 1 aliphatic heterocycles. The zero-order chi connectivity index (χ0) is 14.3. The van der Waals surface area contributed by atoms with Gasteiger partial charge < -0.3 is 9.88 Å². The average molecular weight is 268 g/mol. The van der Waals surface area contributed by atoms with Crippen molar-refractivity contribution in [2.75, 3.05) is 13.1 Å². The van der Waals surface area contributed by atoms with E-state index in [0.29, 0.717) is 11.8 Å². The van der Waals surface area contributed by atoms with Gasteiger partial charge in [0.2, 0.25) is 5.91 Å². The van der Waals surface area contributed by atoms with Crippen molar-refractivity contribution >= 4 is 16.8 Å². The predicted octanol–water partition coefficient (Wildman–Crippen LogP) is 3.22. The highest BCUT2D eigenvalue weighted by molar-refractivity contribution is 5.88. The van der Waals surface area contributed by atoms with Crippen LogP contribution in [0.1, 0.15) is 24.0 Å². The van der Waals surface area contributed by atoms with Gasteiger partial charge in [0.25, 0.3) is 0 Å². The molecule has 0 saturated carbocycles. The number of nitrogens with zero attached hydrogens (tertiary/aromatic N) is 1. The third-order valence-corrected chi connectivity index (χ3v) is 4.56. The summed E-state index contributed by atoms with van der Waals surface area (Å²) in [6, 6.07) is 6.56. The minimum absolute atomic E-state index is 0.0455. The fourth-order valence-corrected chi connectivity index (χ4v) is 3.11. The number of nitrogens with one attached hydrogen (secondary N) is 1. The van der Waals surface area contributed by atoms with Crippen LogP contribution in [0.4, 0.5) is 0 Å². The number of rotatable bonds is 3. The Morgan fingerprint density at radius 3 is 2.90 bits per heavy atom. The molecular formula is C17H20N2O. The monoisotopic (exact) mass is 268 g/mol. The molecule has 1 aliphatic rings. The highest BCUT2D eigenvalue weighted by atomic mass is 16.2. The van der Waals surface area contributed by atoms with Crippen LogP contribution in [0.15, 0.2) is 37.1 Å². The third kappa shape index (κ3) is 1.94. The number of benzene rings is 1. The molecule has 1 fully saturated rings. The normalized spacial score (nSPS) is 17.0. The molecule has 2 aromatic rings. The molecular weight excluding hydrogens is 248 g/mol. The number of H-pyrrole nitrogens is 1. The lowest BCUT2D eigenvalue weighted by Gasteiger charge is -2.42. The second-order valence-electron chi connectivity index (χ2n) is 5.73. The Morgan fingerprint density at radius 1 is 1.45 bits per heavy atom. The number of hydrogen-bond donors (Lipinski definition) is 1. The molecule has 3 nitrogen and oxygen atoms in total. The van der Waals surface area contributed by atoms with Gasteiger partial charge in [-0.15, -0.1) is 0 Å². The maximum atomic E-state index is 11.5. The molecule has 1 unspecified atom stereocenters. The van der Waals surface area contributed by atoms with Crippen molar-refractivity contribution in [1.29, 1.82) is 0 Å². The van der Waals surface area contributed by atoms with Crippen LogP contribution < -0.4 is 0 Å². The second kappa shape index (κ2) is 4.82. The molecule has 0 bridgehead atoms. The third-order valence-electron chi connectivity index (χ3n) is 4.56. The van der Waals surface area contributed by atoms with E-state index in [4.69, 9.17) is 0 Å². The van der Waals surface area contributed by atoms with Crippen LogP contribution in [0.3, 0.4) is 0 Å². The van der Waals surface area contributed by atoms with Crippen LogP contribution >= 0.6 is 0 Å². The first kappa shape index (κ1) is 13.0. The van der Waals surface area contributed by atoms with Gasteiger partial charge in [0, 0.05) is 36.1 Å². The van der Waals surface area contributed by atoms with Crippen LogP contribution in [-0.2, 0) is 4.79 Å².